The van der Waals surface area contributed by atoms with Crippen molar-refractivity contribution < 1.29 is 24.2 Å². The first-order valence-electron chi connectivity index (χ1n) is 6.53. The van der Waals surface area contributed by atoms with Gasteiger partial charge in [-0.3, -0.25) is 9.59 Å². The number of carbonyl (C=O) groups is 2. The number of rotatable bonds is 7. The molecule has 0 aromatic carbocycles. The van der Waals surface area contributed by atoms with Crippen molar-refractivity contribution in [3.8, 4) is 0 Å². The van der Waals surface area contributed by atoms with Crippen LogP contribution in [0.15, 0.2) is 0 Å². The standard InChI is InChI=1S/C14H26O5/c1-9(2)18-14(13(5,6)7,19-10(3)4)11(15)8-12(16)17/h9-10H,8H2,1-7H3,(H,16,17). The van der Waals surface area contributed by atoms with Crippen molar-refractivity contribution in [2.45, 2.75) is 72.9 Å². The van der Waals surface area contributed by atoms with Crippen molar-refractivity contribution >= 4 is 11.8 Å². The molecule has 0 saturated heterocycles. The fraction of sp³-hybridized carbons (Fsp3) is 0.857. The van der Waals surface area contributed by atoms with E-state index < -0.39 is 29.4 Å². The quantitative estimate of drug-likeness (QED) is 0.570. The van der Waals surface area contributed by atoms with E-state index in [0.29, 0.717) is 0 Å². The molecule has 19 heavy (non-hydrogen) atoms. The Labute approximate surface area is 115 Å². The van der Waals surface area contributed by atoms with Crippen LogP contribution in [0.2, 0.25) is 0 Å². The summed E-state index contributed by atoms with van der Waals surface area (Å²) in [6.07, 6.45) is -1.12. The summed E-state index contributed by atoms with van der Waals surface area (Å²) < 4.78 is 11.5. The SMILES string of the molecule is CC(C)OC(OC(C)C)(C(=O)CC(=O)O)C(C)(C)C. The van der Waals surface area contributed by atoms with Gasteiger partial charge in [0.15, 0.2) is 0 Å². The number of carboxylic acids is 1. The number of hydrogen-bond acceptors (Lipinski definition) is 4. The van der Waals surface area contributed by atoms with E-state index in [1.807, 2.05) is 0 Å². The van der Waals surface area contributed by atoms with Crippen LogP contribution in [0.1, 0.15) is 54.9 Å². The second-order valence-electron chi connectivity index (χ2n) is 6.19. The molecule has 0 aliphatic rings. The molecule has 5 nitrogen and oxygen atoms in total. The third kappa shape index (κ3) is 4.91. The van der Waals surface area contributed by atoms with Crippen molar-refractivity contribution in [1.29, 1.82) is 0 Å². The highest BCUT2D eigenvalue weighted by Crippen LogP contribution is 2.38. The van der Waals surface area contributed by atoms with Crippen LogP contribution in [0.3, 0.4) is 0 Å². The van der Waals surface area contributed by atoms with Gasteiger partial charge in [0.25, 0.3) is 0 Å². The maximum absolute atomic E-state index is 12.4. The average molecular weight is 274 g/mol. The Balaban J connectivity index is 5.60. The molecule has 0 saturated carbocycles. The van der Waals surface area contributed by atoms with Gasteiger partial charge in [0, 0.05) is 5.41 Å². The van der Waals surface area contributed by atoms with E-state index in [4.69, 9.17) is 14.6 Å². The van der Waals surface area contributed by atoms with E-state index in [-0.39, 0.29) is 12.2 Å². The maximum atomic E-state index is 12.4. The topological polar surface area (TPSA) is 72.8 Å². The van der Waals surface area contributed by atoms with Crippen LogP contribution in [0, 0.1) is 5.41 Å². The van der Waals surface area contributed by atoms with Gasteiger partial charge in [-0.25, -0.2) is 0 Å². The molecule has 0 aromatic rings. The van der Waals surface area contributed by atoms with Gasteiger partial charge in [-0.1, -0.05) is 20.8 Å². The van der Waals surface area contributed by atoms with Gasteiger partial charge < -0.3 is 14.6 Å². The fourth-order valence-corrected chi connectivity index (χ4v) is 1.85. The van der Waals surface area contributed by atoms with Crippen molar-refractivity contribution in [2.75, 3.05) is 0 Å². The number of ether oxygens (including phenoxy) is 2. The van der Waals surface area contributed by atoms with Crippen LogP contribution in [0.5, 0.6) is 0 Å². The van der Waals surface area contributed by atoms with Crippen molar-refractivity contribution in [2.24, 2.45) is 5.41 Å². The number of Topliss-reactive ketones (excluding diaryl/α,β-unsaturated/α-hetero) is 1. The summed E-state index contributed by atoms with van der Waals surface area (Å²) in [5, 5.41) is 8.85. The molecule has 5 heteroatoms. The molecule has 0 aromatic heterocycles. The van der Waals surface area contributed by atoms with Crippen molar-refractivity contribution in [1.82, 2.24) is 0 Å². The second-order valence-corrected chi connectivity index (χ2v) is 6.19. The van der Waals surface area contributed by atoms with Crippen LogP contribution in [0.25, 0.3) is 0 Å². The molecule has 0 heterocycles. The monoisotopic (exact) mass is 274 g/mol. The molecule has 0 radical (unpaired) electrons. The molecule has 0 amide bonds. The van der Waals surface area contributed by atoms with Gasteiger partial charge >= 0.3 is 5.97 Å². The summed E-state index contributed by atoms with van der Waals surface area (Å²) in [5.74, 6) is -3.29. The first-order chi connectivity index (χ1) is 8.42. The molecular formula is C14H26O5. The lowest BCUT2D eigenvalue weighted by Crippen LogP contribution is -2.57. The summed E-state index contributed by atoms with van der Waals surface area (Å²) in [5.41, 5.74) is -0.673. The molecule has 0 aliphatic carbocycles. The summed E-state index contributed by atoms with van der Waals surface area (Å²) in [7, 11) is 0. The minimum Gasteiger partial charge on any atom is -0.481 e. The Kier molecular flexibility index (Phi) is 6.16. The van der Waals surface area contributed by atoms with E-state index in [2.05, 4.69) is 0 Å². The molecule has 1 N–H and O–H groups in total. The molecule has 0 unspecified atom stereocenters. The van der Waals surface area contributed by atoms with Crippen LogP contribution in [0.4, 0.5) is 0 Å². The normalized spacial score (nSPS) is 13.1. The summed E-state index contributed by atoms with van der Waals surface area (Å²) in [6, 6.07) is 0. The van der Waals surface area contributed by atoms with E-state index in [1.54, 1.807) is 48.5 Å². The lowest BCUT2D eigenvalue weighted by molar-refractivity contribution is -0.294. The van der Waals surface area contributed by atoms with E-state index in [1.165, 1.54) is 0 Å². The Morgan fingerprint density at radius 3 is 1.58 bits per heavy atom. The lowest BCUT2D eigenvalue weighted by Gasteiger charge is -2.44. The summed E-state index contributed by atoms with van der Waals surface area (Å²) in [4.78, 5) is 23.2. The highest BCUT2D eigenvalue weighted by atomic mass is 16.7. The number of carbonyl (C=O) groups excluding carboxylic acids is 1. The molecule has 0 rings (SSSR count). The molecule has 112 valence electrons. The summed E-state index contributed by atoms with van der Waals surface area (Å²) in [6.45, 7) is 12.6. The number of carboxylic acid groups (broad SMARTS) is 1. The predicted molar refractivity (Wildman–Crippen MR) is 71.9 cm³/mol. The number of ketones is 1. The number of hydrogen-bond donors (Lipinski definition) is 1. The minimum absolute atomic E-state index is 0.254. The first kappa shape index (κ1) is 18.1. The van der Waals surface area contributed by atoms with Gasteiger partial charge in [-0.2, -0.15) is 0 Å². The first-order valence-corrected chi connectivity index (χ1v) is 6.53. The van der Waals surface area contributed by atoms with E-state index in [9.17, 15) is 9.59 Å². The van der Waals surface area contributed by atoms with Crippen LogP contribution in [-0.2, 0) is 19.1 Å². The zero-order valence-corrected chi connectivity index (χ0v) is 12.9. The van der Waals surface area contributed by atoms with E-state index in [0.717, 1.165) is 0 Å². The van der Waals surface area contributed by atoms with Gasteiger partial charge in [-0.15, -0.1) is 0 Å². The molecule has 0 aliphatic heterocycles. The van der Waals surface area contributed by atoms with Gasteiger partial charge in [-0.05, 0) is 27.7 Å². The zero-order valence-electron chi connectivity index (χ0n) is 12.9. The van der Waals surface area contributed by atoms with Gasteiger partial charge in [0.2, 0.25) is 11.6 Å². The fourth-order valence-electron chi connectivity index (χ4n) is 1.85. The van der Waals surface area contributed by atoms with Crippen LogP contribution in [-0.4, -0.2) is 34.9 Å². The minimum atomic E-state index is -1.55. The Morgan fingerprint density at radius 2 is 1.37 bits per heavy atom. The van der Waals surface area contributed by atoms with Crippen molar-refractivity contribution in [3.05, 3.63) is 0 Å². The molecule has 0 spiro atoms. The second kappa shape index (κ2) is 6.48. The maximum Gasteiger partial charge on any atom is 0.311 e. The highest BCUT2D eigenvalue weighted by molar-refractivity contribution is 5.99. The highest BCUT2D eigenvalue weighted by Gasteiger charge is 2.52. The Bertz CT molecular complexity index is 315. The van der Waals surface area contributed by atoms with Crippen LogP contribution >= 0.6 is 0 Å². The Hall–Kier alpha value is -0.940. The Morgan fingerprint density at radius 1 is 1.00 bits per heavy atom. The third-order valence-corrected chi connectivity index (χ3v) is 2.47. The molecule has 0 fully saturated rings. The lowest BCUT2D eigenvalue weighted by atomic mass is 9.81. The molecule has 0 atom stereocenters. The molecular weight excluding hydrogens is 248 g/mol. The smallest absolute Gasteiger partial charge is 0.311 e. The zero-order chi connectivity index (χ0) is 15.4. The summed E-state index contributed by atoms with van der Waals surface area (Å²) >= 11 is 0. The largest absolute Gasteiger partial charge is 0.481 e. The average Bonchev–Trinajstić information content (AvgIpc) is 2.11. The van der Waals surface area contributed by atoms with Crippen molar-refractivity contribution in [3.63, 3.8) is 0 Å². The number of aliphatic carboxylic acids is 1. The van der Waals surface area contributed by atoms with Gasteiger partial charge in [0.1, 0.15) is 6.42 Å². The van der Waals surface area contributed by atoms with E-state index >= 15 is 0 Å². The van der Waals surface area contributed by atoms with Crippen LogP contribution < -0.4 is 0 Å². The third-order valence-electron chi connectivity index (χ3n) is 2.47. The molecule has 0 bridgehead atoms. The van der Waals surface area contributed by atoms with Gasteiger partial charge in [0.05, 0.1) is 12.2 Å². The predicted octanol–water partition coefficient (Wildman–Crippen LogP) is 2.62.